The summed E-state index contributed by atoms with van der Waals surface area (Å²) in [5, 5.41) is 0.703. The van der Waals surface area contributed by atoms with Crippen LogP contribution in [0.3, 0.4) is 0 Å². The van der Waals surface area contributed by atoms with Gasteiger partial charge >= 0.3 is 5.97 Å². The second-order valence-electron chi connectivity index (χ2n) is 6.43. The van der Waals surface area contributed by atoms with Gasteiger partial charge in [-0.25, -0.2) is 4.79 Å². The van der Waals surface area contributed by atoms with E-state index in [-0.39, 0.29) is 23.8 Å². The highest BCUT2D eigenvalue weighted by molar-refractivity contribution is 6.35. The van der Waals surface area contributed by atoms with Gasteiger partial charge in [-0.05, 0) is 18.2 Å². The van der Waals surface area contributed by atoms with Crippen molar-refractivity contribution in [3.05, 3.63) is 33.8 Å². The van der Waals surface area contributed by atoms with Gasteiger partial charge in [0.1, 0.15) is 6.61 Å². The summed E-state index contributed by atoms with van der Waals surface area (Å²) < 4.78 is 42.2. The zero-order valence-corrected chi connectivity index (χ0v) is 20.6. The molecule has 0 atom stereocenters. The van der Waals surface area contributed by atoms with Gasteiger partial charge in [-0.3, -0.25) is 0 Å². The number of carbonyl (C=O) groups excluding carboxylic acids is 1. The first-order chi connectivity index (χ1) is 16.1. The fraction of sp³-hybridized carbons (Fsp3) is 0.682. The minimum atomic E-state index is -0.542. The molecule has 1 aromatic carbocycles. The molecule has 190 valence electrons. The third kappa shape index (κ3) is 17.1. The Hall–Kier alpha value is -1.01. The predicted molar refractivity (Wildman–Crippen MR) is 124 cm³/mol. The molecular formula is C22H34Cl2O9. The number of hydrogen-bond donors (Lipinski definition) is 0. The fourth-order valence-electron chi connectivity index (χ4n) is 2.27. The van der Waals surface area contributed by atoms with Crippen molar-refractivity contribution in [3.8, 4) is 0 Å². The number of methoxy groups -OCH3 is 1. The SMILES string of the molecule is COCCOCCOCCOCCOCCOCCOCCOC(=O)c1cc(Cl)ccc1Cl. The maximum absolute atomic E-state index is 11.9. The number of rotatable bonds is 22. The summed E-state index contributed by atoms with van der Waals surface area (Å²) >= 11 is 11.8. The number of carbonyl (C=O) groups is 1. The fourth-order valence-corrected chi connectivity index (χ4v) is 2.64. The number of benzene rings is 1. The zero-order valence-electron chi connectivity index (χ0n) is 19.1. The van der Waals surface area contributed by atoms with E-state index in [2.05, 4.69) is 0 Å². The lowest BCUT2D eigenvalue weighted by atomic mass is 10.2. The lowest BCUT2D eigenvalue weighted by Gasteiger charge is -2.09. The molecule has 0 aliphatic carbocycles. The van der Waals surface area contributed by atoms with Crippen LogP contribution in [0.4, 0.5) is 0 Å². The Kier molecular flexibility index (Phi) is 19.6. The molecule has 0 radical (unpaired) electrons. The van der Waals surface area contributed by atoms with Crippen molar-refractivity contribution in [2.75, 3.05) is 99.6 Å². The molecular weight excluding hydrogens is 479 g/mol. The van der Waals surface area contributed by atoms with Gasteiger partial charge in [0, 0.05) is 12.1 Å². The maximum atomic E-state index is 11.9. The van der Waals surface area contributed by atoms with Crippen LogP contribution in [0.15, 0.2) is 18.2 Å². The predicted octanol–water partition coefficient (Wildman–Crippen LogP) is 2.90. The van der Waals surface area contributed by atoms with Crippen LogP contribution in [0.2, 0.25) is 10.0 Å². The molecule has 0 bridgehead atoms. The molecule has 0 amide bonds. The van der Waals surface area contributed by atoms with Crippen LogP contribution in [0.25, 0.3) is 0 Å². The molecule has 0 spiro atoms. The highest BCUT2D eigenvalue weighted by Gasteiger charge is 2.12. The Morgan fingerprint density at radius 3 is 1.45 bits per heavy atom. The largest absolute Gasteiger partial charge is 0.460 e. The van der Waals surface area contributed by atoms with Gasteiger partial charge in [0.15, 0.2) is 0 Å². The van der Waals surface area contributed by atoms with Crippen LogP contribution >= 0.6 is 23.2 Å². The van der Waals surface area contributed by atoms with Crippen LogP contribution in [-0.2, 0) is 37.9 Å². The molecule has 1 rings (SSSR count). The second-order valence-corrected chi connectivity index (χ2v) is 7.27. The quantitative estimate of drug-likeness (QED) is 0.172. The average molecular weight is 513 g/mol. The molecule has 0 saturated heterocycles. The monoisotopic (exact) mass is 512 g/mol. The third-order valence-electron chi connectivity index (χ3n) is 3.90. The smallest absolute Gasteiger partial charge is 0.339 e. The topological polar surface area (TPSA) is 90.9 Å². The summed E-state index contributed by atoms with van der Waals surface area (Å²) in [6.07, 6.45) is 0. The Bertz CT molecular complexity index is 620. The second kappa shape index (κ2) is 21.5. The number of halogens is 2. The first-order valence-corrected chi connectivity index (χ1v) is 11.5. The standard InChI is InChI=1S/C22H34Cl2O9/c1-26-4-5-27-6-7-28-8-9-29-10-11-30-12-13-31-14-15-32-16-17-33-22(25)20-18-19(23)2-3-21(20)24/h2-3,18H,4-17H2,1H3. The Morgan fingerprint density at radius 1 is 0.636 bits per heavy atom. The van der Waals surface area contributed by atoms with Crippen molar-refractivity contribution in [3.63, 3.8) is 0 Å². The molecule has 0 N–H and O–H groups in total. The van der Waals surface area contributed by atoms with Crippen LogP contribution in [0.1, 0.15) is 10.4 Å². The number of hydrogen-bond acceptors (Lipinski definition) is 9. The third-order valence-corrected chi connectivity index (χ3v) is 4.47. The van der Waals surface area contributed by atoms with Crippen molar-refractivity contribution in [2.45, 2.75) is 0 Å². The zero-order chi connectivity index (χ0) is 24.0. The number of esters is 1. The van der Waals surface area contributed by atoms with E-state index in [1.54, 1.807) is 19.2 Å². The van der Waals surface area contributed by atoms with E-state index in [0.717, 1.165) is 0 Å². The van der Waals surface area contributed by atoms with Crippen molar-refractivity contribution in [1.29, 1.82) is 0 Å². The van der Waals surface area contributed by atoms with E-state index in [1.165, 1.54) is 6.07 Å². The van der Waals surface area contributed by atoms with E-state index in [1.807, 2.05) is 0 Å². The van der Waals surface area contributed by atoms with Crippen LogP contribution in [0.5, 0.6) is 0 Å². The van der Waals surface area contributed by atoms with Crippen molar-refractivity contribution >= 4 is 29.2 Å². The molecule has 11 heteroatoms. The minimum Gasteiger partial charge on any atom is -0.460 e. The van der Waals surface area contributed by atoms with E-state index >= 15 is 0 Å². The summed E-state index contributed by atoms with van der Waals surface area (Å²) in [6.45, 7) is 6.35. The van der Waals surface area contributed by atoms with Gasteiger partial charge in [-0.1, -0.05) is 23.2 Å². The summed E-state index contributed by atoms with van der Waals surface area (Å²) in [5.74, 6) is -0.542. The van der Waals surface area contributed by atoms with Gasteiger partial charge in [0.05, 0.1) is 96.5 Å². The van der Waals surface area contributed by atoms with Crippen LogP contribution in [-0.4, -0.2) is 106 Å². The molecule has 0 aliphatic rings. The molecule has 0 fully saturated rings. The first-order valence-electron chi connectivity index (χ1n) is 10.7. The Labute approximate surface area is 205 Å². The number of ether oxygens (including phenoxy) is 8. The lowest BCUT2D eigenvalue weighted by molar-refractivity contribution is -0.0211. The molecule has 0 saturated carbocycles. The van der Waals surface area contributed by atoms with Crippen molar-refractivity contribution < 1.29 is 42.7 Å². The highest BCUT2D eigenvalue weighted by Crippen LogP contribution is 2.21. The Morgan fingerprint density at radius 2 is 1.03 bits per heavy atom. The minimum absolute atomic E-state index is 0.109. The van der Waals surface area contributed by atoms with Crippen LogP contribution in [0, 0.1) is 0 Å². The van der Waals surface area contributed by atoms with E-state index in [4.69, 9.17) is 61.1 Å². The van der Waals surface area contributed by atoms with E-state index in [9.17, 15) is 4.79 Å². The Balaban J connectivity index is 1.78. The van der Waals surface area contributed by atoms with Crippen molar-refractivity contribution in [1.82, 2.24) is 0 Å². The van der Waals surface area contributed by atoms with Gasteiger partial charge in [0.25, 0.3) is 0 Å². The average Bonchev–Trinajstić information content (AvgIpc) is 2.81. The molecule has 33 heavy (non-hydrogen) atoms. The van der Waals surface area contributed by atoms with E-state index in [0.29, 0.717) is 84.3 Å². The lowest BCUT2D eigenvalue weighted by Crippen LogP contribution is -2.15. The van der Waals surface area contributed by atoms with Gasteiger partial charge in [0.2, 0.25) is 0 Å². The van der Waals surface area contributed by atoms with Crippen LogP contribution < -0.4 is 0 Å². The molecule has 9 nitrogen and oxygen atoms in total. The molecule has 0 aliphatic heterocycles. The first kappa shape index (κ1) is 30.0. The summed E-state index contributed by atoms with van der Waals surface area (Å²) in [4.78, 5) is 11.9. The normalized spacial score (nSPS) is 11.1. The molecule has 0 heterocycles. The molecule has 0 unspecified atom stereocenters. The summed E-state index contributed by atoms with van der Waals surface area (Å²) in [5.41, 5.74) is 0.228. The summed E-state index contributed by atoms with van der Waals surface area (Å²) in [7, 11) is 1.64. The maximum Gasteiger partial charge on any atom is 0.339 e. The molecule has 1 aromatic rings. The van der Waals surface area contributed by atoms with Gasteiger partial charge < -0.3 is 37.9 Å². The van der Waals surface area contributed by atoms with E-state index < -0.39 is 5.97 Å². The van der Waals surface area contributed by atoms with Gasteiger partial charge in [-0.2, -0.15) is 0 Å². The summed E-state index contributed by atoms with van der Waals surface area (Å²) in [6, 6.07) is 4.61. The molecule has 0 aromatic heterocycles. The highest BCUT2D eigenvalue weighted by atomic mass is 35.5. The van der Waals surface area contributed by atoms with Gasteiger partial charge in [-0.15, -0.1) is 0 Å². The van der Waals surface area contributed by atoms with Crippen molar-refractivity contribution in [2.24, 2.45) is 0 Å².